The van der Waals surface area contributed by atoms with Gasteiger partial charge < -0.3 is 14.8 Å². The Morgan fingerprint density at radius 2 is 1.73 bits per heavy atom. The highest BCUT2D eigenvalue weighted by Crippen LogP contribution is 2.25. The van der Waals surface area contributed by atoms with E-state index in [1.165, 1.54) is 12.1 Å². The van der Waals surface area contributed by atoms with E-state index in [9.17, 15) is 13.6 Å². The highest BCUT2D eigenvalue weighted by atomic mass is 19.3. The summed E-state index contributed by atoms with van der Waals surface area (Å²) in [4.78, 5) is 11.8. The number of halogens is 2. The van der Waals surface area contributed by atoms with Gasteiger partial charge in [0, 0.05) is 0 Å². The smallest absolute Gasteiger partial charge is 0.387 e. The van der Waals surface area contributed by atoms with Crippen molar-refractivity contribution in [2.75, 3.05) is 11.9 Å². The summed E-state index contributed by atoms with van der Waals surface area (Å²) in [6.07, 6.45) is 0.0951. The molecule has 0 aliphatic heterocycles. The molecule has 2 aromatic rings. The van der Waals surface area contributed by atoms with E-state index in [1.54, 1.807) is 24.3 Å². The Morgan fingerprint density at radius 3 is 2.45 bits per heavy atom. The molecule has 0 aliphatic rings. The van der Waals surface area contributed by atoms with Gasteiger partial charge in [-0.3, -0.25) is 4.79 Å². The first kappa shape index (κ1) is 15.8. The lowest BCUT2D eigenvalue weighted by Crippen LogP contribution is -2.16. The fourth-order valence-corrected chi connectivity index (χ4v) is 1.76. The van der Waals surface area contributed by atoms with Gasteiger partial charge in [0.05, 0.1) is 18.7 Å². The molecule has 2 rings (SSSR count). The second kappa shape index (κ2) is 7.97. The van der Waals surface area contributed by atoms with Crippen LogP contribution in [-0.4, -0.2) is 19.1 Å². The van der Waals surface area contributed by atoms with Crippen LogP contribution in [0.25, 0.3) is 0 Å². The summed E-state index contributed by atoms with van der Waals surface area (Å²) in [5, 5.41) is 2.52. The number of hydrogen-bond donors (Lipinski definition) is 1. The second-order valence-corrected chi connectivity index (χ2v) is 4.33. The molecule has 0 fully saturated rings. The molecule has 0 unspecified atom stereocenters. The van der Waals surface area contributed by atoms with Gasteiger partial charge in [-0.25, -0.2) is 0 Å². The first-order valence-corrected chi connectivity index (χ1v) is 6.66. The molecular weight excluding hydrogens is 292 g/mol. The molecule has 1 N–H and O–H groups in total. The number of anilines is 1. The van der Waals surface area contributed by atoms with Crippen LogP contribution in [0, 0.1) is 0 Å². The van der Waals surface area contributed by atoms with Crippen LogP contribution in [0.2, 0.25) is 0 Å². The van der Waals surface area contributed by atoms with Crippen LogP contribution in [0.1, 0.15) is 6.42 Å². The molecule has 0 aliphatic carbocycles. The molecule has 0 atom stereocenters. The summed E-state index contributed by atoms with van der Waals surface area (Å²) in [5.41, 5.74) is 0.201. The Morgan fingerprint density at radius 1 is 1.05 bits per heavy atom. The topological polar surface area (TPSA) is 47.6 Å². The lowest BCUT2D eigenvalue weighted by Gasteiger charge is -2.12. The summed E-state index contributed by atoms with van der Waals surface area (Å²) in [6, 6.07) is 15.1. The van der Waals surface area contributed by atoms with Crippen molar-refractivity contribution in [2.24, 2.45) is 0 Å². The molecule has 0 bridgehead atoms. The zero-order valence-electron chi connectivity index (χ0n) is 11.7. The van der Waals surface area contributed by atoms with Gasteiger partial charge in [0.1, 0.15) is 11.5 Å². The number of carbonyl (C=O) groups is 1. The van der Waals surface area contributed by atoms with E-state index in [2.05, 4.69) is 10.1 Å². The van der Waals surface area contributed by atoms with Crippen molar-refractivity contribution < 1.29 is 23.0 Å². The summed E-state index contributed by atoms with van der Waals surface area (Å²) in [6.45, 7) is -2.76. The quantitative estimate of drug-likeness (QED) is 0.848. The summed E-state index contributed by atoms with van der Waals surface area (Å²) >= 11 is 0. The molecule has 0 radical (unpaired) electrons. The number of hydrogen-bond acceptors (Lipinski definition) is 3. The highest BCUT2D eigenvalue weighted by molar-refractivity contribution is 5.92. The van der Waals surface area contributed by atoms with Gasteiger partial charge in [0.15, 0.2) is 0 Å². The average molecular weight is 307 g/mol. The van der Waals surface area contributed by atoms with Crippen molar-refractivity contribution in [2.45, 2.75) is 13.0 Å². The molecule has 0 heterocycles. The van der Waals surface area contributed by atoms with E-state index >= 15 is 0 Å². The number of carbonyl (C=O) groups excluding carboxylic acids is 1. The molecule has 0 saturated carbocycles. The van der Waals surface area contributed by atoms with E-state index in [4.69, 9.17) is 4.74 Å². The average Bonchev–Trinajstić information content (AvgIpc) is 2.50. The maximum absolute atomic E-state index is 12.3. The van der Waals surface area contributed by atoms with Crippen molar-refractivity contribution >= 4 is 11.6 Å². The zero-order valence-corrected chi connectivity index (χ0v) is 11.7. The van der Waals surface area contributed by atoms with Crippen molar-refractivity contribution in [1.29, 1.82) is 0 Å². The number of para-hydroxylation sites is 3. The normalized spacial score (nSPS) is 10.3. The van der Waals surface area contributed by atoms with Crippen LogP contribution in [0.3, 0.4) is 0 Å². The first-order chi connectivity index (χ1) is 10.6. The van der Waals surface area contributed by atoms with Crippen molar-refractivity contribution in [1.82, 2.24) is 0 Å². The van der Waals surface area contributed by atoms with Crippen molar-refractivity contribution in [3.05, 3.63) is 54.6 Å². The Kier molecular flexibility index (Phi) is 5.71. The molecule has 0 spiro atoms. The predicted molar refractivity (Wildman–Crippen MR) is 78.3 cm³/mol. The number of ether oxygens (including phenoxy) is 2. The minimum Gasteiger partial charge on any atom is -0.493 e. The lowest BCUT2D eigenvalue weighted by molar-refractivity contribution is -0.116. The van der Waals surface area contributed by atoms with Gasteiger partial charge in [0.2, 0.25) is 5.91 Å². The SMILES string of the molecule is O=C(CCOc1ccccc1)Nc1ccccc1OC(F)F. The number of rotatable bonds is 7. The third kappa shape index (κ3) is 5.05. The fraction of sp³-hybridized carbons (Fsp3) is 0.188. The maximum Gasteiger partial charge on any atom is 0.387 e. The van der Waals surface area contributed by atoms with Crippen LogP contribution in [0.5, 0.6) is 11.5 Å². The van der Waals surface area contributed by atoms with Gasteiger partial charge >= 0.3 is 6.61 Å². The first-order valence-electron chi connectivity index (χ1n) is 6.66. The van der Waals surface area contributed by atoms with Crippen LogP contribution >= 0.6 is 0 Å². The fourth-order valence-electron chi connectivity index (χ4n) is 1.76. The summed E-state index contributed by atoms with van der Waals surface area (Å²) in [7, 11) is 0. The second-order valence-electron chi connectivity index (χ2n) is 4.33. The number of benzene rings is 2. The molecule has 116 valence electrons. The Labute approximate surface area is 126 Å². The minimum absolute atomic E-state index is 0.0742. The van der Waals surface area contributed by atoms with Crippen molar-refractivity contribution in [3.63, 3.8) is 0 Å². The third-order valence-electron chi connectivity index (χ3n) is 2.72. The molecule has 6 heteroatoms. The Hall–Kier alpha value is -2.63. The van der Waals surface area contributed by atoms with Crippen LogP contribution in [-0.2, 0) is 4.79 Å². The Balaban J connectivity index is 1.84. The number of nitrogens with one attached hydrogen (secondary N) is 1. The van der Waals surface area contributed by atoms with Gasteiger partial charge in [0.25, 0.3) is 0 Å². The minimum atomic E-state index is -2.94. The standard InChI is InChI=1S/C16H15F2NO3/c17-16(18)22-14-9-5-4-8-13(14)19-15(20)10-11-21-12-6-2-1-3-7-12/h1-9,16H,10-11H2,(H,19,20). The molecule has 0 aromatic heterocycles. The molecule has 2 aromatic carbocycles. The van der Waals surface area contributed by atoms with Gasteiger partial charge in [-0.1, -0.05) is 30.3 Å². The lowest BCUT2D eigenvalue weighted by atomic mass is 10.3. The van der Waals surface area contributed by atoms with Crippen LogP contribution in [0.15, 0.2) is 54.6 Å². The highest BCUT2D eigenvalue weighted by Gasteiger charge is 2.11. The van der Waals surface area contributed by atoms with E-state index in [-0.39, 0.29) is 30.4 Å². The zero-order chi connectivity index (χ0) is 15.8. The van der Waals surface area contributed by atoms with E-state index in [0.29, 0.717) is 5.75 Å². The predicted octanol–water partition coefficient (Wildman–Crippen LogP) is 3.70. The number of amides is 1. The van der Waals surface area contributed by atoms with E-state index in [1.807, 2.05) is 18.2 Å². The van der Waals surface area contributed by atoms with Crippen LogP contribution in [0.4, 0.5) is 14.5 Å². The van der Waals surface area contributed by atoms with Gasteiger partial charge in [-0.05, 0) is 24.3 Å². The summed E-state index contributed by atoms with van der Waals surface area (Å²) < 4.78 is 34.3. The monoisotopic (exact) mass is 307 g/mol. The van der Waals surface area contributed by atoms with E-state index < -0.39 is 6.61 Å². The summed E-state index contributed by atoms with van der Waals surface area (Å²) in [5.74, 6) is 0.243. The third-order valence-corrected chi connectivity index (χ3v) is 2.72. The van der Waals surface area contributed by atoms with Crippen molar-refractivity contribution in [3.8, 4) is 11.5 Å². The maximum atomic E-state index is 12.3. The van der Waals surface area contributed by atoms with E-state index in [0.717, 1.165) is 0 Å². The molecular formula is C16H15F2NO3. The van der Waals surface area contributed by atoms with Crippen LogP contribution < -0.4 is 14.8 Å². The molecule has 0 saturated heterocycles. The Bertz CT molecular complexity index is 605. The molecule has 1 amide bonds. The van der Waals surface area contributed by atoms with Gasteiger partial charge in [-0.2, -0.15) is 8.78 Å². The largest absolute Gasteiger partial charge is 0.493 e. The molecule has 4 nitrogen and oxygen atoms in total. The number of alkyl halides is 2. The van der Waals surface area contributed by atoms with Gasteiger partial charge in [-0.15, -0.1) is 0 Å². The molecule has 22 heavy (non-hydrogen) atoms.